The summed E-state index contributed by atoms with van der Waals surface area (Å²) in [4.78, 5) is 14.6. The molecular weight excluding hydrogens is 332 g/mol. The Bertz CT molecular complexity index is 687. The van der Waals surface area contributed by atoms with Crippen LogP contribution in [0.25, 0.3) is 0 Å². The van der Waals surface area contributed by atoms with Gasteiger partial charge >= 0.3 is 0 Å². The number of hydrogen-bond donors (Lipinski definition) is 2. The Morgan fingerprint density at radius 3 is 2.50 bits per heavy atom. The van der Waals surface area contributed by atoms with Gasteiger partial charge in [0.25, 0.3) is 0 Å². The molecule has 1 aliphatic heterocycles. The smallest absolute Gasteiger partial charge is 0.225 e. The lowest BCUT2D eigenvalue weighted by molar-refractivity contribution is -0.116. The Kier molecular flexibility index (Phi) is 6.12. The molecule has 1 aliphatic rings. The van der Waals surface area contributed by atoms with E-state index in [9.17, 15) is 4.79 Å². The van der Waals surface area contributed by atoms with Crippen molar-refractivity contribution in [3.05, 3.63) is 36.2 Å². The van der Waals surface area contributed by atoms with Crippen molar-refractivity contribution in [2.45, 2.75) is 25.2 Å². The van der Waals surface area contributed by atoms with Crippen LogP contribution in [-0.2, 0) is 4.79 Å². The quantitative estimate of drug-likeness (QED) is 0.795. The van der Waals surface area contributed by atoms with Gasteiger partial charge in [-0.25, -0.2) is 0 Å². The van der Waals surface area contributed by atoms with E-state index in [-0.39, 0.29) is 5.91 Å². The van der Waals surface area contributed by atoms with Crippen molar-refractivity contribution in [1.29, 1.82) is 0 Å². The maximum atomic E-state index is 12.3. The predicted molar refractivity (Wildman–Crippen MR) is 99.8 cm³/mol. The fourth-order valence-electron chi connectivity index (χ4n) is 3.32. The highest BCUT2D eigenvalue weighted by Crippen LogP contribution is 2.27. The normalized spacial score (nSPS) is 15.6. The van der Waals surface area contributed by atoms with E-state index in [4.69, 9.17) is 9.47 Å². The van der Waals surface area contributed by atoms with Crippen molar-refractivity contribution in [1.82, 2.24) is 15.1 Å². The molecule has 140 valence electrons. The maximum Gasteiger partial charge on any atom is 0.225 e. The molecule has 2 heterocycles. The van der Waals surface area contributed by atoms with Gasteiger partial charge in [-0.15, -0.1) is 0 Å². The number of carbonyl (C=O) groups excluding carboxylic acids is 1. The number of methoxy groups -OCH3 is 2. The van der Waals surface area contributed by atoms with Crippen LogP contribution in [-0.4, -0.2) is 54.9 Å². The van der Waals surface area contributed by atoms with Gasteiger partial charge in [0, 0.05) is 54.7 Å². The van der Waals surface area contributed by atoms with Crippen LogP contribution in [0.4, 0.5) is 5.69 Å². The number of amides is 1. The summed E-state index contributed by atoms with van der Waals surface area (Å²) in [6.45, 7) is 2.77. The lowest BCUT2D eigenvalue weighted by Gasteiger charge is -2.31. The topological polar surface area (TPSA) is 79.5 Å². The number of benzene rings is 1. The highest BCUT2D eigenvalue weighted by Gasteiger charge is 2.21. The van der Waals surface area contributed by atoms with E-state index in [1.807, 2.05) is 0 Å². The van der Waals surface area contributed by atoms with Gasteiger partial charge in [-0.1, -0.05) is 0 Å². The summed E-state index contributed by atoms with van der Waals surface area (Å²) in [5.74, 6) is 1.85. The zero-order chi connectivity index (χ0) is 18.4. The number of aromatic nitrogens is 2. The molecular formula is C19H26N4O3. The standard InChI is InChI=1S/C19H26N4O3/c1-25-16-11-15(12-17(13-16)26-2)21-19(24)6-10-23-8-4-14(5-9-23)18-3-7-20-22-18/h3,7,11-14H,4-6,8-10H2,1-2H3,(H,20,22)(H,21,24). The van der Waals surface area contributed by atoms with Gasteiger partial charge in [-0.3, -0.25) is 9.89 Å². The molecule has 7 nitrogen and oxygen atoms in total. The highest BCUT2D eigenvalue weighted by molar-refractivity contribution is 5.91. The second-order valence-electron chi connectivity index (χ2n) is 6.53. The second-order valence-corrected chi connectivity index (χ2v) is 6.53. The summed E-state index contributed by atoms with van der Waals surface area (Å²) in [5, 5.41) is 10.0. The Hall–Kier alpha value is -2.54. The van der Waals surface area contributed by atoms with E-state index in [0.717, 1.165) is 32.5 Å². The third kappa shape index (κ3) is 4.76. The summed E-state index contributed by atoms with van der Waals surface area (Å²) in [7, 11) is 3.18. The number of aromatic amines is 1. The number of ether oxygens (including phenoxy) is 2. The lowest BCUT2D eigenvalue weighted by Crippen LogP contribution is -2.35. The average Bonchev–Trinajstić information content (AvgIpc) is 3.21. The second kappa shape index (κ2) is 8.71. The molecule has 2 aromatic rings. The fraction of sp³-hybridized carbons (Fsp3) is 0.474. The number of carbonyl (C=O) groups is 1. The third-order valence-corrected chi connectivity index (χ3v) is 4.84. The summed E-state index contributed by atoms with van der Waals surface area (Å²) in [5.41, 5.74) is 1.90. The van der Waals surface area contributed by atoms with Gasteiger partial charge in [0.15, 0.2) is 0 Å². The predicted octanol–water partition coefficient (Wildman–Crippen LogP) is 2.64. The molecule has 0 atom stereocenters. The molecule has 1 aromatic carbocycles. The van der Waals surface area contributed by atoms with E-state index in [2.05, 4.69) is 26.5 Å². The van der Waals surface area contributed by atoms with Gasteiger partial charge in [-0.2, -0.15) is 5.10 Å². The summed E-state index contributed by atoms with van der Waals surface area (Å²) in [6, 6.07) is 7.41. The van der Waals surface area contributed by atoms with E-state index >= 15 is 0 Å². The molecule has 26 heavy (non-hydrogen) atoms. The first kappa shape index (κ1) is 18.3. The SMILES string of the molecule is COc1cc(NC(=O)CCN2CCC(c3ccn[nH]3)CC2)cc(OC)c1. The summed E-state index contributed by atoms with van der Waals surface area (Å²) < 4.78 is 10.5. The number of nitrogens with zero attached hydrogens (tertiary/aromatic N) is 2. The van der Waals surface area contributed by atoms with Gasteiger partial charge in [0.2, 0.25) is 5.91 Å². The summed E-state index contributed by atoms with van der Waals surface area (Å²) >= 11 is 0. The number of piperidine rings is 1. The molecule has 1 fully saturated rings. The minimum Gasteiger partial charge on any atom is -0.497 e. The third-order valence-electron chi connectivity index (χ3n) is 4.84. The molecule has 7 heteroatoms. The van der Waals surface area contributed by atoms with Gasteiger partial charge in [0.05, 0.1) is 14.2 Å². The molecule has 0 saturated carbocycles. The first-order valence-corrected chi connectivity index (χ1v) is 8.92. The number of anilines is 1. The minimum atomic E-state index is -0.00371. The van der Waals surface area contributed by atoms with E-state index < -0.39 is 0 Å². The molecule has 0 spiro atoms. The molecule has 0 unspecified atom stereocenters. The molecule has 0 aliphatic carbocycles. The number of nitrogens with one attached hydrogen (secondary N) is 2. The van der Waals surface area contributed by atoms with E-state index in [1.165, 1.54) is 5.69 Å². The fourth-order valence-corrected chi connectivity index (χ4v) is 3.32. The molecule has 0 bridgehead atoms. The van der Waals surface area contributed by atoms with Crippen molar-refractivity contribution in [2.75, 3.05) is 39.2 Å². The Morgan fingerprint density at radius 2 is 1.92 bits per heavy atom. The number of likely N-dealkylation sites (tertiary alicyclic amines) is 1. The van der Waals surface area contributed by atoms with Gasteiger partial charge in [-0.05, 0) is 32.0 Å². The largest absolute Gasteiger partial charge is 0.497 e. The Balaban J connectivity index is 1.45. The number of hydrogen-bond acceptors (Lipinski definition) is 5. The molecule has 1 amide bonds. The van der Waals surface area contributed by atoms with Gasteiger partial charge < -0.3 is 19.7 Å². The number of H-pyrrole nitrogens is 1. The van der Waals surface area contributed by atoms with Crippen LogP contribution in [0.15, 0.2) is 30.5 Å². The van der Waals surface area contributed by atoms with E-state index in [0.29, 0.717) is 29.5 Å². The highest BCUT2D eigenvalue weighted by atomic mass is 16.5. The van der Waals surface area contributed by atoms with Crippen molar-refractivity contribution < 1.29 is 14.3 Å². The Morgan fingerprint density at radius 1 is 1.23 bits per heavy atom. The maximum absolute atomic E-state index is 12.3. The van der Waals surface area contributed by atoms with Crippen molar-refractivity contribution in [3.8, 4) is 11.5 Å². The average molecular weight is 358 g/mol. The van der Waals surface area contributed by atoms with Crippen LogP contribution < -0.4 is 14.8 Å². The van der Waals surface area contributed by atoms with Crippen LogP contribution in [0.2, 0.25) is 0 Å². The van der Waals surface area contributed by atoms with Crippen LogP contribution >= 0.6 is 0 Å². The summed E-state index contributed by atoms with van der Waals surface area (Å²) in [6.07, 6.45) is 4.46. The van der Waals surface area contributed by atoms with Crippen LogP contribution in [0.3, 0.4) is 0 Å². The molecule has 2 N–H and O–H groups in total. The monoisotopic (exact) mass is 358 g/mol. The minimum absolute atomic E-state index is 0.00371. The molecule has 1 saturated heterocycles. The van der Waals surface area contributed by atoms with Crippen molar-refractivity contribution >= 4 is 11.6 Å². The molecule has 3 rings (SSSR count). The van der Waals surface area contributed by atoms with Crippen LogP contribution in [0.5, 0.6) is 11.5 Å². The molecule has 0 radical (unpaired) electrons. The van der Waals surface area contributed by atoms with Crippen molar-refractivity contribution in [2.24, 2.45) is 0 Å². The van der Waals surface area contributed by atoms with E-state index in [1.54, 1.807) is 38.6 Å². The van der Waals surface area contributed by atoms with Crippen LogP contribution in [0, 0.1) is 0 Å². The van der Waals surface area contributed by atoms with Crippen LogP contribution in [0.1, 0.15) is 30.9 Å². The Labute approximate surface area is 153 Å². The first-order valence-electron chi connectivity index (χ1n) is 8.92. The number of rotatable bonds is 7. The zero-order valence-corrected chi connectivity index (χ0v) is 15.3. The van der Waals surface area contributed by atoms with Crippen molar-refractivity contribution in [3.63, 3.8) is 0 Å². The first-order chi connectivity index (χ1) is 12.7. The molecule has 1 aromatic heterocycles. The van der Waals surface area contributed by atoms with Gasteiger partial charge in [0.1, 0.15) is 11.5 Å². The lowest BCUT2D eigenvalue weighted by atomic mass is 9.93. The zero-order valence-electron chi connectivity index (χ0n) is 15.3.